The fourth-order valence-corrected chi connectivity index (χ4v) is 2.69. The molecule has 2 aromatic carbocycles. The van der Waals surface area contributed by atoms with Crippen molar-refractivity contribution in [1.29, 1.82) is 0 Å². The first-order chi connectivity index (χ1) is 11.4. The summed E-state index contributed by atoms with van der Waals surface area (Å²) >= 11 is 0. The van der Waals surface area contributed by atoms with Crippen LogP contribution in [0.3, 0.4) is 0 Å². The van der Waals surface area contributed by atoms with Crippen LogP contribution >= 0.6 is 0 Å². The number of nitrogens with zero attached hydrogens (tertiary/aromatic N) is 3. The van der Waals surface area contributed by atoms with E-state index in [0.29, 0.717) is 16.5 Å². The molecule has 0 radical (unpaired) electrons. The number of hydrogen-bond donors (Lipinski definition) is 3. The highest BCUT2D eigenvalue weighted by Gasteiger charge is 2.19. The molecule has 0 aliphatic rings. The van der Waals surface area contributed by atoms with Crippen LogP contribution < -0.4 is 16.4 Å². The largest absolute Gasteiger partial charge is 0.478 e. The first-order valence-electron chi connectivity index (χ1n) is 7.25. The molecule has 7 heteroatoms. The normalized spacial score (nSPS) is 10.8. The highest BCUT2D eigenvalue weighted by molar-refractivity contribution is 6.10. The molecule has 0 bridgehead atoms. The van der Waals surface area contributed by atoms with Gasteiger partial charge in [-0.2, -0.15) is 4.98 Å². The first kappa shape index (κ1) is 15.5. The molecule has 1 aromatic heterocycles. The third-order valence-electron chi connectivity index (χ3n) is 3.79. The predicted molar refractivity (Wildman–Crippen MR) is 95.1 cm³/mol. The summed E-state index contributed by atoms with van der Waals surface area (Å²) in [4.78, 5) is 21.8. The number of benzene rings is 2. The first-order valence-corrected chi connectivity index (χ1v) is 7.25. The van der Waals surface area contributed by atoms with Gasteiger partial charge in [0.1, 0.15) is 5.82 Å². The van der Waals surface area contributed by atoms with Gasteiger partial charge >= 0.3 is 5.97 Å². The molecule has 1 heterocycles. The summed E-state index contributed by atoms with van der Waals surface area (Å²) in [6.07, 6.45) is 0. The number of fused-ring (bicyclic) bond motifs is 1. The third-order valence-corrected chi connectivity index (χ3v) is 3.79. The fourth-order valence-electron chi connectivity index (χ4n) is 2.69. The van der Waals surface area contributed by atoms with E-state index in [1.54, 1.807) is 6.07 Å². The zero-order chi connectivity index (χ0) is 17.4. The number of carbonyl (C=O) groups is 1. The van der Waals surface area contributed by atoms with Crippen molar-refractivity contribution in [1.82, 2.24) is 9.97 Å². The second-order valence-corrected chi connectivity index (χ2v) is 5.60. The monoisotopic (exact) mass is 323 g/mol. The number of anilines is 3. The van der Waals surface area contributed by atoms with Crippen LogP contribution in [-0.4, -0.2) is 35.1 Å². The molecule has 5 N–H and O–H groups in total. The molecule has 3 rings (SSSR count). The van der Waals surface area contributed by atoms with E-state index in [1.807, 2.05) is 43.3 Å². The van der Waals surface area contributed by atoms with Gasteiger partial charge in [-0.3, -0.25) is 0 Å². The van der Waals surface area contributed by atoms with Gasteiger partial charge in [0.15, 0.2) is 0 Å². The molecule has 0 atom stereocenters. The Morgan fingerprint density at radius 3 is 2.54 bits per heavy atom. The average molecular weight is 323 g/mol. The molecule has 0 aliphatic carbocycles. The van der Waals surface area contributed by atoms with Gasteiger partial charge in [-0.1, -0.05) is 12.1 Å². The third kappa shape index (κ3) is 2.56. The summed E-state index contributed by atoms with van der Waals surface area (Å²) in [5.74, 6) is -0.833. The van der Waals surface area contributed by atoms with Crippen LogP contribution in [0.5, 0.6) is 0 Å². The second-order valence-electron chi connectivity index (χ2n) is 5.60. The van der Waals surface area contributed by atoms with E-state index in [2.05, 4.69) is 9.97 Å². The molecule has 0 spiro atoms. The molecule has 122 valence electrons. The van der Waals surface area contributed by atoms with Gasteiger partial charge in [0.05, 0.1) is 16.5 Å². The minimum atomic E-state index is -1.04. The quantitative estimate of drug-likeness (QED) is 0.676. The number of aromatic carboxylic acids is 1. The van der Waals surface area contributed by atoms with Gasteiger partial charge < -0.3 is 21.5 Å². The molecule has 0 amide bonds. The highest BCUT2D eigenvalue weighted by atomic mass is 16.4. The van der Waals surface area contributed by atoms with Crippen molar-refractivity contribution in [2.45, 2.75) is 0 Å². The Balaban J connectivity index is 2.42. The van der Waals surface area contributed by atoms with Crippen molar-refractivity contribution in [2.75, 3.05) is 30.5 Å². The molecular formula is C17H17N5O2. The summed E-state index contributed by atoms with van der Waals surface area (Å²) in [6, 6.07) is 10.6. The van der Waals surface area contributed by atoms with E-state index < -0.39 is 5.97 Å². The lowest BCUT2D eigenvalue weighted by atomic mass is 9.94. The molecule has 0 unspecified atom stereocenters. The Bertz CT molecular complexity index is 953. The van der Waals surface area contributed by atoms with Crippen molar-refractivity contribution >= 4 is 34.3 Å². The topological polar surface area (TPSA) is 118 Å². The molecule has 24 heavy (non-hydrogen) atoms. The van der Waals surface area contributed by atoms with Crippen molar-refractivity contribution in [3.8, 4) is 11.1 Å². The number of nitrogen functional groups attached to an aromatic ring is 2. The number of aromatic nitrogens is 2. The summed E-state index contributed by atoms with van der Waals surface area (Å²) in [6.45, 7) is 0. The van der Waals surface area contributed by atoms with Gasteiger partial charge in [-0.05, 0) is 29.8 Å². The molecule has 0 aliphatic heterocycles. The SMILES string of the molecule is CN(C)c1cccc(-c2c(C(=O)O)ccc3nc(N)nc(N)c23)c1. The van der Waals surface area contributed by atoms with Crippen LogP contribution in [0.4, 0.5) is 17.5 Å². The molecule has 3 aromatic rings. The van der Waals surface area contributed by atoms with Crippen molar-refractivity contribution in [2.24, 2.45) is 0 Å². The molecule has 0 saturated carbocycles. The number of carboxylic acid groups (broad SMARTS) is 1. The standard InChI is InChI=1S/C17H17N5O2/c1-22(2)10-5-3-4-9(8-10)13-11(16(23)24)6-7-12-14(13)15(18)21-17(19)20-12/h3-8H,1-2H3,(H,23,24)(H4,18,19,20,21). The summed E-state index contributed by atoms with van der Waals surface area (Å²) in [7, 11) is 3.83. The zero-order valence-corrected chi connectivity index (χ0v) is 13.3. The molecule has 0 fully saturated rings. The van der Waals surface area contributed by atoms with Crippen LogP contribution in [0, 0.1) is 0 Å². The van der Waals surface area contributed by atoms with Crippen molar-refractivity contribution in [3.63, 3.8) is 0 Å². The fraction of sp³-hybridized carbons (Fsp3) is 0.118. The minimum Gasteiger partial charge on any atom is -0.478 e. The summed E-state index contributed by atoms with van der Waals surface area (Å²) < 4.78 is 0. The predicted octanol–water partition coefficient (Wildman–Crippen LogP) is 2.23. The van der Waals surface area contributed by atoms with E-state index in [4.69, 9.17) is 11.5 Å². The zero-order valence-electron chi connectivity index (χ0n) is 13.3. The van der Waals surface area contributed by atoms with Crippen LogP contribution in [0.15, 0.2) is 36.4 Å². The van der Waals surface area contributed by atoms with Crippen LogP contribution in [0.1, 0.15) is 10.4 Å². The highest BCUT2D eigenvalue weighted by Crippen LogP contribution is 2.36. The van der Waals surface area contributed by atoms with Crippen LogP contribution in [0.2, 0.25) is 0 Å². The van der Waals surface area contributed by atoms with Crippen LogP contribution in [0.25, 0.3) is 22.0 Å². The Kier molecular flexibility index (Phi) is 3.69. The summed E-state index contributed by atoms with van der Waals surface area (Å²) in [5.41, 5.74) is 14.5. The lowest BCUT2D eigenvalue weighted by Crippen LogP contribution is -2.09. The second kappa shape index (κ2) is 5.69. The Morgan fingerprint density at radius 1 is 1.12 bits per heavy atom. The van der Waals surface area contributed by atoms with E-state index in [1.165, 1.54) is 6.07 Å². The number of carboxylic acids is 1. The smallest absolute Gasteiger partial charge is 0.336 e. The maximum Gasteiger partial charge on any atom is 0.336 e. The van der Waals surface area contributed by atoms with Crippen molar-refractivity contribution < 1.29 is 9.90 Å². The number of nitrogens with two attached hydrogens (primary N) is 2. The van der Waals surface area contributed by atoms with Gasteiger partial charge in [-0.25, -0.2) is 9.78 Å². The average Bonchev–Trinajstić information content (AvgIpc) is 2.53. The van der Waals surface area contributed by atoms with Gasteiger partial charge in [0.2, 0.25) is 5.95 Å². The molecule has 7 nitrogen and oxygen atoms in total. The Morgan fingerprint density at radius 2 is 1.88 bits per heavy atom. The Labute approximate surface area is 138 Å². The van der Waals surface area contributed by atoms with E-state index >= 15 is 0 Å². The maximum atomic E-state index is 11.7. The lowest BCUT2D eigenvalue weighted by molar-refractivity contribution is 0.0698. The van der Waals surface area contributed by atoms with Gasteiger partial charge in [0, 0.05) is 25.3 Å². The Hall–Kier alpha value is -3.35. The van der Waals surface area contributed by atoms with Gasteiger partial charge in [0.25, 0.3) is 0 Å². The molecular weight excluding hydrogens is 306 g/mol. The van der Waals surface area contributed by atoms with Crippen molar-refractivity contribution in [3.05, 3.63) is 42.0 Å². The van der Waals surface area contributed by atoms with Gasteiger partial charge in [-0.15, -0.1) is 0 Å². The van der Waals surface area contributed by atoms with E-state index in [0.717, 1.165) is 11.3 Å². The lowest BCUT2D eigenvalue weighted by Gasteiger charge is -2.16. The minimum absolute atomic E-state index is 0.0519. The summed E-state index contributed by atoms with van der Waals surface area (Å²) in [5, 5.41) is 10.1. The van der Waals surface area contributed by atoms with E-state index in [9.17, 15) is 9.90 Å². The number of rotatable bonds is 3. The van der Waals surface area contributed by atoms with Crippen LogP contribution in [-0.2, 0) is 0 Å². The van der Waals surface area contributed by atoms with E-state index in [-0.39, 0.29) is 17.3 Å². The molecule has 0 saturated heterocycles. The maximum absolute atomic E-state index is 11.7. The number of hydrogen-bond acceptors (Lipinski definition) is 6.